The molecule has 0 spiro atoms. The van der Waals surface area contributed by atoms with Gasteiger partial charge in [0.2, 0.25) is 5.91 Å². The topological polar surface area (TPSA) is 67.9 Å². The first-order valence-corrected chi connectivity index (χ1v) is 11.9. The second kappa shape index (κ2) is 9.86. The summed E-state index contributed by atoms with van der Waals surface area (Å²) in [6, 6.07) is 13.6. The number of ether oxygens (including phenoxy) is 2. The molecule has 0 radical (unpaired) electrons. The standard InChI is InChI=1S/C27H34N2O4/c1-27(2,3)20-9-12-22(13-10-20)32-16-15-29-23-17-21(11-14-24(23)33-18-25(29)30)28-26(31)19-7-5-4-6-8-19/h9-14,17,19H,4-8,15-16,18H2,1-3H3,(H,28,31). The Morgan fingerprint density at radius 2 is 1.82 bits per heavy atom. The number of rotatable bonds is 6. The Balaban J connectivity index is 1.40. The molecule has 176 valence electrons. The molecule has 1 aliphatic carbocycles. The van der Waals surface area contributed by atoms with Crippen LogP contribution in [0.2, 0.25) is 0 Å². The first-order valence-electron chi connectivity index (χ1n) is 11.9. The van der Waals surface area contributed by atoms with Gasteiger partial charge in [0.05, 0.1) is 12.2 Å². The first kappa shape index (κ1) is 23.1. The number of benzene rings is 2. The molecule has 1 fully saturated rings. The molecule has 2 aromatic rings. The van der Waals surface area contributed by atoms with Crippen molar-refractivity contribution in [1.82, 2.24) is 0 Å². The number of hydrogen-bond donors (Lipinski definition) is 1. The number of fused-ring (bicyclic) bond motifs is 1. The summed E-state index contributed by atoms with van der Waals surface area (Å²) < 4.78 is 11.5. The van der Waals surface area contributed by atoms with Crippen LogP contribution < -0.4 is 19.7 Å². The van der Waals surface area contributed by atoms with Crippen LogP contribution in [0.3, 0.4) is 0 Å². The molecule has 0 bridgehead atoms. The van der Waals surface area contributed by atoms with Crippen molar-refractivity contribution in [3.63, 3.8) is 0 Å². The SMILES string of the molecule is CC(C)(C)c1ccc(OCCN2C(=O)COc3ccc(NC(=O)C4CCCCC4)cc32)cc1. The molecule has 1 aliphatic heterocycles. The van der Waals surface area contributed by atoms with Gasteiger partial charge in [-0.1, -0.05) is 52.2 Å². The van der Waals surface area contributed by atoms with Crippen LogP contribution in [0, 0.1) is 5.92 Å². The summed E-state index contributed by atoms with van der Waals surface area (Å²) in [5.41, 5.74) is 2.69. The lowest BCUT2D eigenvalue weighted by Crippen LogP contribution is -2.41. The first-order chi connectivity index (χ1) is 15.8. The summed E-state index contributed by atoms with van der Waals surface area (Å²) in [5.74, 6) is 1.43. The van der Waals surface area contributed by atoms with Gasteiger partial charge in [-0.3, -0.25) is 9.59 Å². The molecule has 0 saturated heterocycles. The third-order valence-corrected chi connectivity index (χ3v) is 6.45. The Labute approximate surface area is 196 Å². The fraction of sp³-hybridized carbons (Fsp3) is 0.481. The maximum Gasteiger partial charge on any atom is 0.265 e. The molecule has 2 amide bonds. The number of amides is 2. The van der Waals surface area contributed by atoms with Crippen LogP contribution >= 0.6 is 0 Å². The summed E-state index contributed by atoms with van der Waals surface area (Å²) in [6.07, 6.45) is 5.31. The fourth-order valence-corrected chi connectivity index (χ4v) is 4.44. The van der Waals surface area contributed by atoms with Crippen LogP contribution in [-0.4, -0.2) is 31.6 Å². The van der Waals surface area contributed by atoms with Crippen molar-refractivity contribution in [3.05, 3.63) is 48.0 Å². The van der Waals surface area contributed by atoms with E-state index in [0.29, 0.717) is 30.3 Å². The van der Waals surface area contributed by atoms with Crippen LogP contribution in [0.1, 0.15) is 58.4 Å². The van der Waals surface area contributed by atoms with E-state index in [1.165, 1.54) is 12.0 Å². The van der Waals surface area contributed by atoms with E-state index in [9.17, 15) is 9.59 Å². The van der Waals surface area contributed by atoms with E-state index < -0.39 is 0 Å². The number of carbonyl (C=O) groups is 2. The Morgan fingerprint density at radius 3 is 2.52 bits per heavy atom. The van der Waals surface area contributed by atoms with Gasteiger partial charge in [0.25, 0.3) is 5.91 Å². The Bertz CT molecular complexity index is 988. The Hall–Kier alpha value is -3.02. The van der Waals surface area contributed by atoms with Gasteiger partial charge in [0.1, 0.15) is 18.1 Å². The highest BCUT2D eigenvalue weighted by molar-refractivity contribution is 5.99. The minimum atomic E-state index is -0.120. The van der Waals surface area contributed by atoms with Gasteiger partial charge in [-0.2, -0.15) is 0 Å². The molecule has 0 aromatic heterocycles. The van der Waals surface area contributed by atoms with Crippen LogP contribution in [0.25, 0.3) is 0 Å². The summed E-state index contributed by atoms with van der Waals surface area (Å²) in [7, 11) is 0. The number of anilines is 2. The van der Waals surface area contributed by atoms with E-state index in [1.54, 1.807) is 4.90 Å². The minimum absolute atomic E-state index is 0.00105. The van der Waals surface area contributed by atoms with Crippen molar-refractivity contribution in [2.75, 3.05) is 30.0 Å². The molecule has 1 heterocycles. The molecular formula is C27H34N2O4. The second-order valence-corrected chi connectivity index (χ2v) is 9.96. The molecule has 2 aromatic carbocycles. The summed E-state index contributed by atoms with van der Waals surface area (Å²) in [5, 5.41) is 3.03. The molecule has 0 atom stereocenters. The van der Waals surface area contributed by atoms with Crippen molar-refractivity contribution in [2.45, 2.75) is 58.3 Å². The zero-order valence-corrected chi connectivity index (χ0v) is 19.9. The van der Waals surface area contributed by atoms with Crippen molar-refractivity contribution >= 4 is 23.2 Å². The van der Waals surface area contributed by atoms with Crippen LogP contribution in [0.15, 0.2) is 42.5 Å². The molecule has 33 heavy (non-hydrogen) atoms. The summed E-state index contributed by atoms with van der Waals surface area (Å²) >= 11 is 0. The van der Waals surface area contributed by atoms with E-state index in [1.807, 2.05) is 30.3 Å². The van der Waals surface area contributed by atoms with E-state index in [-0.39, 0.29) is 29.8 Å². The van der Waals surface area contributed by atoms with Crippen molar-refractivity contribution in [1.29, 1.82) is 0 Å². The van der Waals surface area contributed by atoms with Crippen molar-refractivity contribution in [2.24, 2.45) is 5.92 Å². The third-order valence-electron chi connectivity index (χ3n) is 6.45. The van der Waals surface area contributed by atoms with Crippen molar-refractivity contribution in [3.8, 4) is 11.5 Å². The van der Waals surface area contributed by atoms with Crippen LogP contribution in [-0.2, 0) is 15.0 Å². The molecule has 4 rings (SSSR count). The van der Waals surface area contributed by atoms with E-state index in [4.69, 9.17) is 9.47 Å². The van der Waals surface area contributed by atoms with Crippen molar-refractivity contribution < 1.29 is 19.1 Å². The lowest BCUT2D eigenvalue weighted by molar-refractivity contribution is -0.121. The Morgan fingerprint density at radius 1 is 1.09 bits per heavy atom. The molecule has 2 aliphatic rings. The highest BCUT2D eigenvalue weighted by atomic mass is 16.5. The van der Waals surface area contributed by atoms with Gasteiger partial charge >= 0.3 is 0 Å². The number of carbonyl (C=O) groups excluding carboxylic acids is 2. The van der Waals surface area contributed by atoms with E-state index in [0.717, 1.165) is 31.4 Å². The van der Waals surface area contributed by atoms with Gasteiger partial charge in [-0.25, -0.2) is 0 Å². The molecule has 6 nitrogen and oxygen atoms in total. The van der Waals surface area contributed by atoms with Gasteiger partial charge < -0.3 is 19.7 Å². The number of nitrogens with zero attached hydrogens (tertiary/aromatic N) is 1. The zero-order valence-electron chi connectivity index (χ0n) is 19.9. The number of nitrogens with one attached hydrogen (secondary N) is 1. The molecule has 0 unspecified atom stereocenters. The average molecular weight is 451 g/mol. The van der Waals surface area contributed by atoms with Crippen LogP contribution in [0.4, 0.5) is 11.4 Å². The minimum Gasteiger partial charge on any atom is -0.492 e. The van der Waals surface area contributed by atoms with E-state index in [2.05, 4.69) is 38.2 Å². The maximum atomic E-state index is 12.7. The highest BCUT2D eigenvalue weighted by Gasteiger charge is 2.27. The van der Waals surface area contributed by atoms with Gasteiger partial charge in [-0.05, 0) is 54.2 Å². The maximum absolute atomic E-state index is 12.7. The monoisotopic (exact) mass is 450 g/mol. The van der Waals surface area contributed by atoms with Crippen LogP contribution in [0.5, 0.6) is 11.5 Å². The zero-order chi connectivity index (χ0) is 23.4. The second-order valence-electron chi connectivity index (χ2n) is 9.96. The van der Waals surface area contributed by atoms with E-state index >= 15 is 0 Å². The molecule has 6 heteroatoms. The Kier molecular flexibility index (Phi) is 6.91. The summed E-state index contributed by atoms with van der Waals surface area (Å²) in [6.45, 7) is 7.29. The molecular weight excluding hydrogens is 416 g/mol. The highest BCUT2D eigenvalue weighted by Crippen LogP contribution is 2.35. The molecule has 1 N–H and O–H groups in total. The quantitative estimate of drug-likeness (QED) is 0.648. The van der Waals surface area contributed by atoms with Gasteiger partial charge in [0, 0.05) is 11.6 Å². The molecule has 1 saturated carbocycles. The van der Waals surface area contributed by atoms with Gasteiger partial charge in [0.15, 0.2) is 6.61 Å². The lowest BCUT2D eigenvalue weighted by Gasteiger charge is -2.30. The smallest absolute Gasteiger partial charge is 0.265 e. The predicted octanol–water partition coefficient (Wildman–Crippen LogP) is 5.31. The lowest BCUT2D eigenvalue weighted by atomic mass is 9.87. The average Bonchev–Trinajstić information content (AvgIpc) is 2.81. The van der Waals surface area contributed by atoms with Gasteiger partial charge in [-0.15, -0.1) is 0 Å². The largest absolute Gasteiger partial charge is 0.492 e. The number of hydrogen-bond acceptors (Lipinski definition) is 4. The fourth-order valence-electron chi connectivity index (χ4n) is 4.44. The third kappa shape index (κ3) is 5.67. The summed E-state index contributed by atoms with van der Waals surface area (Å²) in [4.78, 5) is 26.9. The predicted molar refractivity (Wildman–Crippen MR) is 130 cm³/mol. The normalized spacial score (nSPS) is 16.7.